The van der Waals surface area contributed by atoms with Crippen molar-refractivity contribution in [2.24, 2.45) is 0 Å². The lowest BCUT2D eigenvalue weighted by Gasteiger charge is -2.19. The lowest BCUT2D eigenvalue weighted by Crippen LogP contribution is -2.26. The molecule has 3 nitrogen and oxygen atoms in total. The molecule has 0 aromatic carbocycles. The largest absolute Gasteiger partial charge is 0.298 e. The molecule has 1 aromatic heterocycles. The van der Waals surface area contributed by atoms with Crippen LogP contribution in [0.4, 0.5) is 0 Å². The Labute approximate surface area is 103 Å². The molecule has 4 heteroatoms. The van der Waals surface area contributed by atoms with Gasteiger partial charge in [0.1, 0.15) is 0 Å². The Morgan fingerprint density at radius 3 is 2.75 bits per heavy atom. The normalized spacial score (nSPS) is 11.2. The molecule has 0 aliphatic heterocycles. The third kappa shape index (κ3) is 4.54. The van der Waals surface area contributed by atoms with E-state index in [1.807, 2.05) is 10.9 Å². The third-order valence-electron chi connectivity index (χ3n) is 2.65. The molecule has 0 bridgehead atoms. The van der Waals surface area contributed by atoms with Crippen molar-refractivity contribution < 1.29 is 0 Å². The molecular formula is C12H22ClN3. The first-order valence-electron chi connectivity index (χ1n) is 6.09. The van der Waals surface area contributed by atoms with Crippen molar-refractivity contribution in [2.45, 2.75) is 39.8 Å². The van der Waals surface area contributed by atoms with Gasteiger partial charge >= 0.3 is 0 Å². The molecule has 1 aromatic rings. The fraction of sp³-hybridized carbons (Fsp3) is 0.750. The zero-order valence-electron chi connectivity index (χ0n) is 10.3. The number of hydrogen-bond donors (Lipinski definition) is 0. The highest BCUT2D eigenvalue weighted by atomic mass is 35.5. The first-order chi connectivity index (χ1) is 7.80. The summed E-state index contributed by atoms with van der Waals surface area (Å²) in [5.74, 6) is 0.700. The maximum Gasteiger partial charge on any atom is 0.0534 e. The van der Waals surface area contributed by atoms with Gasteiger partial charge in [-0.2, -0.15) is 5.10 Å². The lowest BCUT2D eigenvalue weighted by molar-refractivity contribution is 0.277. The Kier molecular flexibility index (Phi) is 6.50. The van der Waals surface area contributed by atoms with Crippen LogP contribution < -0.4 is 0 Å². The van der Waals surface area contributed by atoms with E-state index in [1.165, 1.54) is 18.4 Å². The van der Waals surface area contributed by atoms with Crippen LogP contribution in [0.1, 0.15) is 32.3 Å². The van der Waals surface area contributed by atoms with Crippen molar-refractivity contribution in [2.75, 3.05) is 19.0 Å². The molecule has 16 heavy (non-hydrogen) atoms. The maximum atomic E-state index is 5.81. The van der Waals surface area contributed by atoms with Gasteiger partial charge < -0.3 is 0 Å². The average molecular weight is 244 g/mol. The van der Waals surface area contributed by atoms with Crippen LogP contribution in [0.2, 0.25) is 0 Å². The molecule has 0 aliphatic rings. The third-order valence-corrected chi connectivity index (χ3v) is 2.81. The van der Waals surface area contributed by atoms with Crippen LogP contribution in [0.3, 0.4) is 0 Å². The van der Waals surface area contributed by atoms with Crippen molar-refractivity contribution in [3.8, 4) is 0 Å². The molecule has 1 rings (SSSR count). The van der Waals surface area contributed by atoms with Gasteiger partial charge in [0.25, 0.3) is 0 Å². The Bertz CT molecular complexity index is 286. The Balaban J connectivity index is 2.46. The fourth-order valence-electron chi connectivity index (χ4n) is 1.69. The van der Waals surface area contributed by atoms with Crippen molar-refractivity contribution in [3.63, 3.8) is 0 Å². The van der Waals surface area contributed by atoms with Crippen molar-refractivity contribution in [3.05, 3.63) is 18.0 Å². The minimum absolute atomic E-state index is 0.700. The molecule has 92 valence electrons. The number of nitrogens with zero attached hydrogens (tertiary/aromatic N) is 3. The van der Waals surface area contributed by atoms with Gasteiger partial charge in [-0.15, -0.1) is 11.6 Å². The Morgan fingerprint density at radius 1 is 1.38 bits per heavy atom. The number of unbranched alkanes of at least 4 members (excludes halogenated alkanes) is 1. The molecule has 0 atom stereocenters. The minimum Gasteiger partial charge on any atom is -0.298 e. The number of alkyl halides is 1. The molecule has 0 saturated carbocycles. The van der Waals surface area contributed by atoms with E-state index in [0.29, 0.717) is 5.88 Å². The number of aryl methyl sites for hydroxylation is 1. The maximum absolute atomic E-state index is 5.81. The van der Waals surface area contributed by atoms with E-state index in [-0.39, 0.29) is 0 Å². The van der Waals surface area contributed by atoms with Gasteiger partial charge in [-0.3, -0.25) is 9.58 Å². The first kappa shape index (κ1) is 13.5. The summed E-state index contributed by atoms with van der Waals surface area (Å²) in [4.78, 5) is 2.40. The van der Waals surface area contributed by atoms with E-state index in [0.717, 1.165) is 26.2 Å². The van der Waals surface area contributed by atoms with E-state index in [9.17, 15) is 0 Å². The Morgan fingerprint density at radius 2 is 2.19 bits per heavy atom. The SMILES string of the molecule is CCCCN(CCCl)Cc1cnn(CC)c1. The molecule has 0 radical (unpaired) electrons. The zero-order valence-corrected chi connectivity index (χ0v) is 11.1. The van der Waals surface area contributed by atoms with Gasteiger partial charge in [-0.1, -0.05) is 13.3 Å². The highest BCUT2D eigenvalue weighted by Gasteiger charge is 2.06. The molecule has 0 spiro atoms. The van der Waals surface area contributed by atoms with Gasteiger partial charge in [0.15, 0.2) is 0 Å². The summed E-state index contributed by atoms with van der Waals surface area (Å²) < 4.78 is 1.97. The summed E-state index contributed by atoms with van der Waals surface area (Å²) in [6.45, 7) is 8.30. The molecular weight excluding hydrogens is 222 g/mol. The van der Waals surface area contributed by atoms with Gasteiger partial charge in [-0.05, 0) is 19.9 Å². The quantitative estimate of drug-likeness (QED) is 0.655. The van der Waals surface area contributed by atoms with Crippen molar-refractivity contribution >= 4 is 11.6 Å². The summed E-state index contributed by atoms with van der Waals surface area (Å²) in [5, 5.41) is 4.29. The standard InChI is InChI=1S/C12H22ClN3/c1-3-5-7-15(8-6-13)10-12-9-14-16(4-2)11-12/h9,11H,3-8,10H2,1-2H3. The van der Waals surface area contributed by atoms with E-state index in [2.05, 4.69) is 30.0 Å². The minimum atomic E-state index is 0.700. The highest BCUT2D eigenvalue weighted by molar-refractivity contribution is 6.18. The molecule has 0 amide bonds. The fourth-order valence-corrected chi connectivity index (χ4v) is 1.93. The van der Waals surface area contributed by atoms with Crippen LogP contribution in [0.5, 0.6) is 0 Å². The van der Waals surface area contributed by atoms with Gasteiger partial charge in [0.05, 0.1) is 6.20 Å². The molecule has 0 unspecified atom stereocenters. The summed E-state index contributed by atoms with van der Waals surface area (Å²) in [7, 11) is 0. The average Bonchev–Trinajstić information content (AvgIpc) is 2.74. The van der Waals surface area contributed by atoms with Crippen LogP contribution in [-0.2, 0) is 13.1 Å². The second-order valence-corrected chi connectivity index (χ2v) is 4.40. The second kappa shape index (κ2) is 7.69. The lowest BCUT2D eigenvalue weighted by atomic mass is 10.2. The van der Waals surface area contributed by atoms with Gasteiger partial charge in [0.2, 0.25) is 0 Å². The number of halogens is 1. The van der Waals surface area contributed by atoms with E-state index in [1.54, 1.807) is 0 Å². The summed E-state index contributed by atoms with van der Waals surface area (Å²) >= 11 is 5.81. The Hall–Kier alpha value is -0.540. The number of hydrogen-bond acceptors (Lipinski definition) is 2. The van der Waals surface area contributed by atoms with E-state index >= 15 is 0 Å². The summed E-state index contributed by atoms with van der Waals surface area (Å²) in [5.41, 5.74) is 1.28. The van der Waals surface area contributed by atoms with E-state index < -0.39 is 0 Å². The van der Waals surface area contributed by atoms with Crippen LogP contribution in [0.25, 0.3) is 0 Å². The van der Waals surface area contributed by atoms with Crippen molar-refractivity contribution in [1.82, 2.24) is 14.7 Å². The zero-order chi connectivity index (χ0) is 11.8. The predicted molar refractivity (Wildman–Crippen MR) is 68.8 cm³/mol. The predicted octanol–water partition coefficient (Wildman–Crippen LogP) is 2.74. The van der Waals surface area contributed by atoms with Crippen LogP contribution in [0.15, 0.2) is 12.4 Å². The number of aromatic nitrogens is 2. The summed E-state index contributed by atoms with van der Waals surface area (Å²) in [6.07, 6.45) is 6.54. The topological polar surface area (TPSA) is 21.1 Å². The molecule has 1 heterocycles. The molecule has 0 N–H and O–H groups in total. The monoisotopic (exact) mass is 243 g/mol. The first-order valence-corrected chi connectivity index (χ1v) is 6.63. The number of rotatable bonds is 8. The molecule has 0 aliphatic carbocycles. The van der Waals surface area contributed by atoms with Crippen LogP contribution in [-0.4, -0.2) is 33.6 Å². The highest BCUT2D eigenvalue weighted by Crippen LogP contribution is 2.05. The second-order valence-electron chi connectivity index (χ2n) is 4.02. The van der Waals surface area contributed by atoms with Gasteiger partial charge in [0, 0.05) is 37.3 Å². The smallest absolute Gasteiger partial charge is 0.0534 e. The van der Waals surface area contributed by atoms with Crippen LogP contribution >= 0.6 is 11.6 Å². The van der Waals surface area contributed by atoms with Crippen molar-refractivity contribution in [1.29, 1.82) is 0 Å². The molecule has 0 saturated heterocycles. The van der Waals surface area contributed by atoms with Gasteiger partial charge in [-0.25, -0.2) is 0 Å². The van der Waals surface area contributed by atoms with E-state index in [4.69, 9.17) is 11.6 Å². The summed E-state index contributed by atoms with van der Waals surface area (Å²) in [6, 6.07) is 0. The molecule has 0 fully saturated rings. The van der Waals surface area contributed by atoms with Crippen LogP contribution in [0, 0.1) is 0 Å².